The van der Waals surface area contributed by atoms with Crippen molar-refractivity contribution < 1.29 is 28.6 Å². The third-order valence-corrected chi connectivity index (χ3v) is 9.80. The minimum atomic E-state index is -1.12. The predicted octanol–water partition coefficient (Wildman–Crippen LogP) is 5.27. The maximum Gasteiger partial charge on any atom is 0.312 e. The number of rotatable bonds is 5. The van der Waals surface area contributed by atoms with Gasteiger partial charge in [0.2, 0.25) is 0 Å². The summed E-state index contributed by atoms with van der Waals surface area (Å²) < 4.78 is 21.2. The van der Waals surface area contributed by atoms with Crippen molar-refractivity contribution >= 4 is 17.7 Å². The number of carboxylic acids is 1. The van der Waals surface area contributed by atoms with Gasteiger partial charge in [-0.25, -0.2) is 4.39 Å². The zero-order chi connectivity index (χ0) is 23.5. The normalized spacial score (nSPS) is 43.2. The Kier molecular flexibility index (Phi) is 5.82. The van der Waals surface area contributed by atoms with Crippen molar-refractivity contribution in [3.8, 4) is 0 Å². The van der Waals surface area contributed by atoms with E-state index in [-0.39, 0.29) is 47.9 Å². The van der Waals surface area contributed by atoms with Crippen LogP contribution < -0.4 is 0 Å². The molecule has 0 amide bonds. The number of aliphatic carboxylic acids is 1. The van der Waals surface area contributed by atoms with Gasteiger partial charge < -0.3 is 9.84 Å². The van der Waals surface area contributed by atoms with Crippen LogP contribution in [0.25, 0.3) is 0 Å². The number of carbonyl (C=O) groups excluding carboxylic acids is 2. The van der Waals surface area contributed by atoms with Crippen LogP contribution in [0, 0.1) is 34.0 Å². The third kappa shape index (κ3) is 3.35. The summed E-state index contributed by atoms with van der Waals surface area (Å²) in [5, 5.41) is 9.40. The van der Waals surface area contributed by atoms with Crippen molar-refractivity contribution in [1.29, 1.82) is 0 Å². The quantitative estimate of drug-likeness (QED) is 0.580. The second-order valence-corrected chi connectivity index (χ2v) is 11.5. The van der Waals surface area contributed by atoms with E-state index in [2.05, 4.69) is 13.8 Å². The van der Waals surface area contributed by atoms with Crippen LogP contribution in [0.3, 0.4) is 0 Å². The molecule has 4 aliphatic carbocycles. The van der Waals surface area contributed by atoms with Crippen LogP contribution in [0.2, 0.25) is 0 Å². The molecule has 32 heavy (non-hydrogen) atoms. The molecular formula is C26H37FO5. The number of ether oxygens (including phenoxy) is 1. The van der Waals surface area contributed by atoms with Gasteiger partial charge in [0.15, 0.2) is 5.78 Å². The first kappa shape index (κ1) is 23.4. The Bertz CT molecular complexity index is 849. The number of halogens is 1. The van der Waals surface area contributed by atoms with Crippen LogP contribution in [-0.2, 0) is 19.1 Å². The highest BCUT2D eigenvalue weighted by Gasteiger charge is 2.68. The van der Waals surface area contributed by atoms with Crippen LogP contribution in [0.1, 0.15) is 85.5 Å². The summed E-state index contributed by atoms with van der Waals surface area (Å²) in [6.45, 7) is 7.91. The summed E-state index contributed by atoms with van der Waals surface area (Å²) in [5.41, 5.74) is -0.857. The molecule has 1 N–H and O–H groups in total. The molecule has 178 valence electrons. The Morgan fingerprint density at radius 2 is 1.88 bits per heavy atom. The van der Waals surface area contributed by atoms with Gasteiger partial charge in [-0.15, -0.1) is 0 Å². The molecule has 0 bridgehead atoms. The molecule has 3 saturated carbocycles. The minimum Gasteiger partial charge on any atom is -0.481 e. The number of fused-ring (bicyclic) bond motifs is 5. The van der Waals surface area contributed by atoms with E-state index < -0.39 is 23.0 Å². The highest BCUT2D eigenvalue weighted by Crippen LogP contribution is 2.71. The molecule has 4 rings (SSSR count). The molecule has 0 radical (unpaired) electrons. The fraction of sp³-hybridized carbons (Fsp3) is 0.808. The highest BCUT2D eigenvalue weighted by molar-refractivity contribution is 5.92. The Hall–Kier alpha value is -1.72. The fourth-order valence-electron chi connectivity index (χ4n) is 8.19. The van der Waals surface area contributed by atoms with E-state index in [1.165, 1.54) is 0 Å². The van der Waals surface area contributed by atoms with Crippen molar-refractivity contribution in [3.05, 3.63) is 11.6 Å². The first-order valence-corrected chi connectivity index (χ1v) is 12.3. The first-order valence-electron chi connectivity index (χ1n) is 12.3. The molecule has 5 nitrogen and oxygen atoms in total. The van der Waals surface area contributed by atoms with E-state index in [1.807, 2.05) is 13.8 Å². The summed E-state index contributed by atoms with van der Waals surface area (Å²) in [5.74, 6) is -0.563. The molecular weight excluding hydrogens is 411 g/mol. The summed E-state index contributed by atoms with van der Waals surface area (Å²) in [7, 11) is 0. The van der Waals surface area contributed by atoms with Gasteiger partial charge >= 0.3 is 11.9 Å². The van der Waals surface area contributed by atoms with Gasteiger partial charge in [0.05, 0.1) is 11.5 Å². The number of allylic oxidation sites excluding steroid dienone is 1. The molecule has 0 heterocycles. The largest absolute Gasteiger partial charge is 0.481 e. The molecule has 0 unspecified atom stereocenters. The van der Waals surface area contributed by atoms with Gasteiger partial charge in [0, 0.05) is 12.8 Å². The maximum atomic E-state index is 15.5. The average molecular weight is 449 g/mol. The Morgan fingerprint density at radius 1 is 1.19 bits per heavy atom. The number of esters is 1. The lowest BCUT2D eigenvalue weighted by atomic mass is 9.44. The number of hydrogen-bond acceptors (Lipinski definition) is 4. The van der Waals surface area contributed by atoms with E-state index in [0.29, 0.717) is 37.2 Å². The van der Waals surface area contributed by atoms with Crippen molar-refractivity contribution in [3.63, 3.8) is 0 Å². The highest BCUT2D eigenvalue weighted by atomic mass is 19.1. The molecule has 7 atom stereocenters. The number of alkyl halides is 1. The third-order valence-electron chi connectivity index (χ3n) is 9.80. The molecule has 4 aliphatic rings. The number of hydrogen-bond donors (Lipinski definition) is 1. The summed E-state index contributed by atoms with van der Waals surface area (Å²) in [6.07, 6.45) is 5.03. The lowest BCUT2D eigenvalue weighted by molar-refractivity contribution is -0.176. The SMILES string of the molecule is CC(C)OC(=O)[C@@]1(CCC(=O)O)CC[C@H]2[C@@H]3C[C@@H](F)C4=CC(=O)CC[C@]4(C)[C@H]3CC[C@@]21C. The molecule has 0 spiro atoms. The van der Waals surface area contributed by atoms with Gasteiger partial charge in [-0.05, 0) is 99.0 Å². The van der Waals surface area contributed by atoms with Crippen LogP contribution >= 0.6 is 0 Å². The van der Waals surface area contributed by atoms with Gasteiger partial charge in [-0.3, -0.25) is 14.4 Å². The van der Waals surface area contributed by atoms with Crippen molar-refractivity contribution in [2.75, 3.05) is 0 Å². The Balaban J connectivity index is 1.70. The van der Waals surface area contributed by atoms with Gasteiger partial charge in [-0.2, -0.15) is 0 Å². The van der Waals surface area contributed by atoms with E-state index in [0.717, 1.165) is 19.3 Å². The first-order chi connectivity index (χ1) is 14.9. The smallest absolute Gasteiger partial charge is 0.312 e. The van der Waals surface area contributed by atoms with Crippen LogP contribution in [0.5, 0.6) is 0 Å². The van der Waals surface area contributed by atoms with E-state index in [9.17, 15) is 19.5 Å². The van der Waals surface area contributed by atoms with E-state index in [1.54, 1.807) is 6.08 Å². The molecule has 3 fully saturated rings. The minimum absolute atomic E-state index is 0.0317. The molecule has 6 heteroatoms. The number of carbonyl (C=O) groups is 3. The predicted molar refractivity (Wildman–Crippen MR) is 118 cm³/mol. The number of carboxylic acid groups (broad SMARTS) is 1. The lowest BCUT2D eigenvalue weighted by Gasteiger charge is -2.60. The molecule has 0 aromatic carbocycles. The molecule has 0 saturated heterocycles. The fourth-order valence-corrected chi connectivity index (χ4v) is 8.19. The van der Waals surface area contributed by atoms with Gasteiger partial charge in [0.25, 0.3) is 0 Å². The van der Waals surface area contributed by atoms with E-state index in [4.69, 9.17) is 4.74 Å². The maximum absolute atomic E-state index is 15.5. The van der Waals surface area contributed by atoms with Crippen molar-refractivity contribution in [2.24, 2.45) is 34.0 Å². The standard InChI is InChI=1S/C26H37FO5/c1-15(2)32-23(31)26(12-8-22(29)30)11-7-19-17-14-21(27)20-13-16(28)5-9-24(20,3)18(17)6-10-25(19,26)4/h13,15,17-19,21H,5-12,14H2,1-4H3,(H,29,30)/t17-,18+,19+,21-,24-,25+,26+/m1/s1. The van der Waals surface area contributed by atoms with Crippen molar-refractivity contribution in [1.82, 2.24) is 0 Å². The van der Waals surface area contributed by atoms with Crippen LogP contribution in [0.15, 0.2) is 11.6 Å². The summed E-state index contributed by atoms with van der Waals surface area (Å²) >= 11 is 0. The lowest BCUT2D eigenvalue weighted by Crippen LogP contribution is -2.56. The Morgan fingerprint density at radius 3 is 2.53 bits per heavy atom. The topological polar surface area (TPSA) is 80.7 Å². The monoisotopic (exact) mass is 448 g/mol. The number of ketones is 1. The molecule has 0 aromatic heterocycles. The molecule has 0 aliphatic heterocycles. The molecule has 0 aromatic rings. The van der Waals surface area contributed by atoms with Crippen LogP contribution in [0.4, 0.5) is 4.39 Å². The van der Waals surface area contributed by atoms with E-state index >= 15 is 4.39 Å². The summed E-state index contributed by atoms with van der Waals surface area (Å²) in [4.78, 5) is 37.0. The van der Waals surface area contributed by atoms with Gasteiger partial charge in [0.1, 0.15) is 6.17 Å². The zero-order valence-corrected chi connectivity index (χ0v) is 19.8. The second-order valence-electron chi connectivity index (χ2n) is 11.5. The van der Waals surface area contributed by atoms with Crippen molar-refractivity contribution in [2.45, 2.75) is 97.8 Å². The summed E-state index contributed by atoms with van der Waals surface area (Å²) in [6, 6.07) is 0. The second kappa shape index (κ2) is 7.95. The Labute approximate surface area is 190 Å². The van der Waals surface area contributed by atoms with Gasteiger partial charge in [-0.1, -0.05) is 13.8 Å². The zero-order valence-electron chi connectivity index (χ0n) is 19.8. The van der Waals surface area contributed by atoms with Crippen LogP contribution in [-0.4, -0.2) is 35.1 Å². The average Bonchev–Trinajstić information content (AvgIpc) is 3.01.